The van der Waals surface area contributed by atoms with Crippen molar-refractivity contribution >= 4 is 17.1 Å². The van der Waals surface area contributed by atoms with Crippen molar-refractivity contribution in [1.29, 1.82) is 0 Å². The number of carbonyl (C=O) groups is 1. The van der Waals surface area contributed by atoms with Crippen LogP contribution in [0, 0.1) is 0 Å². The molecule has 0 aliphatic carbocycles. The quantitative estimate of drug-likeness (QED) is 0.902. The maximum Gasteiger partial charge on any atom is 0.207 e. The number of hydrogen-bond donors (Lipinski definition) is 1. The molecule has 0 amide bonds. The number of fused-ring (bicyclic) bond motifs is 2. The van der Waals surface area contributed by atoms with Gasteiger partial charge in [0, 0.05) is 12.2 Å². The van der Waals surface area contributed by atoms with Crippen LogP contribution in [0.15, 0.2) is 29.6 Å². The summed E-state index contributed by atoms with van der Waals surface area (Å²) in [4.78, 5) is 13.2. The van der Waals surface area contributed by atoms with Crippen molar-refractivity contribution in [2.75, 3.05) is 6.61 Å². The molecule has 0 unspecified atom stereocenters. The molecule has 2 aromatic rings. The number of aliphatic hydroxyl groups is 1. The molecule has 0 atom stereocenters. The Morgan fingerprint density at radius 2 is 2.22 bits per heavy atom. The Balaban J connectivity index is 2.09. The summed E-state index contributed by atoms with van der Waals surface area (Å²) in [5.74, 6) is 0.650. The minimum Gasteiger partial charge on any atom is -0.488 e. The van der Waals surface area contributed by atoms with E-state index in [2.05, 4.69) is 0 Å². The lowest BCUT2D eigenvalue weighted by atomic mass is 10.0. The summed E-state index contributed by atoms with van der Waals surface area (Å²) in [5.41, 5.74) is 2.50. The van der Waals surface area contributed by atoms with E-state index in [0.29, 0.717) is 24.3 Å². The van der Waals surface area contributed by atoms with E-state index in [0.717, 1.165) is 16.0 Å². The fourth-order valence-corrected chi connectivity index (χ4v) is 2.96. The van der Waals surface area contributed by atoms with E-state index in [1.165, 1.54) is 11.3 Å². The fourth-order valence-electron chi connectivity index (χ4n) is 2.09. The Labute approximate surface area is 109 Å². The number of ketones is 1. The van der Waals surface area contributed by atoms with E-state index < -0.39 is 0 Å². The molecule has 2 heterocycles. The van der Waals surface area contributed by atoms with Crippen LogP contribution in [0.2, 0.25) is 0 Å². The zero-order chi connectivity index (χ0) is 12.5. The number of rotatable bonds is 2. The van der Waals surface area contributed by atoms with E-state index in [9.17, 15) is 4.79 Å². The van der Waals surface area contributed by atoms with Gasteiger partial charge in [0.25, 0.3) is 0 Å². The van der Waals surface area contributed by atoms with Gasteiger partial charge in [-0.15, -0.1) is 11.3 Å². The highest BCUT2D eigenvalue weighted by molar-refractivity contribution is 7.12. The van der Waals surface area contributed by atoms with E-state index >= 15 is 0 Å². The highest BCUT2D eigenvalue weighted by Gasteiger charge is 2.23. The van der Waals surface area contributed by atoms with Crippen LogP contribution < -0.4 is 4.74 Å². The van der Waals surface area contributed by atoms with Gasteiger partial charge in [-0.2, -0.15) is 0 Å². The molecule has 92 valence electrons. The molecule has 1 aromatic carbocycles. The monoisotopic (exact) mass is 260 g/mol. The Hall–Kier alpha value is -1.65. The van der Waals surface area contributed by atoms with Gasteiger partial charge in [-0.05, 0) is 35.6 Å². The highest BCUT2D eigenvalue weighted by Crippen LogP contribution is 2.31. The SMILES string of the molecule is O=C1c2cc(CCO)ccc2OCc2ccsc21. The van der Waals surface area contributed by atoms with E-state index in [4.69, 9.17) is 9.84 Å². The second kappa shape index (κ2) is 4.55. The van der Waals surface area contributed by atoms with Gasteiger partial charge < -0.3 is 9.84 Å². The largest absolute Gasteiger partial charge is 0.488 e. The third kappa shape index (κ3) is 1.83. The molecule has 1 aliphatic rings. The normalized spacial score (nSPS) is 13.5. The predicted octanol–water partition coefficient (Wildman–Crippen LogP) is 2.41. The molecule has 3 rings (SSSR count). The lowest BCUT2D eigenvalue weighted by molar-refractivity contribution is 0.104. The number of aliphatic hydroxyl groups excluding tert-OH is 1. The van der Waals surface area contributed by atoms with Crippen molar-refractivity contribution in [3.8, 4) is 5.75 Å². The first-order chi connectivity index (χ1) is 8.79. The average Bonchev–Trinajstić information content (AvgIpc) is 2.80. The fraction of sp³-hybridized carbons (Fsp3) is 0.214. The molecule has 0 fully saturated rings. The first-order valence-electron chi connectivity index (χ1n) is 5.77. The number of ether oxygens (including phenoxy) is 1. The second-order valence-corrected chi connectivity index (χ2v) is 5.11. The second-order valence-electron chi connectivity index (χ2n) is 4.20. The first-order valence-corrected chi connectivity index (χ1v) is 6.65. The maximum absolute atomic E-state index is 12.4. The zero-order valence-electron chi connectivity index (χ0n) is 9.68. The minimum atomic E-state index is 0.0206. The van der Waals surface area contributed by atoms with Crippen LogP contribution in [0.5, 0.6) is 5.75 Å². The van der Waals surface area contributed by atoms with E-state index in [1.807, 2.05) is 29.6 Å². The van der Waals surface area contributed by atoms with Crippen LogP contribution >= 0.6 is 11.3 Å². The van der Waals surface area contributed by atoms with Crippen molar-refractivity contribution in [2.24, 2.45) is 0 Å². The molecule has 0 spiro atoms. The summed E-state index contributed by atoms with van der Waals surface area (Å²) in [6.45, 7) is 0.523. The molecule has 0 saturated carbocycles. The van der Waals surface area contributed by atoms with E-state index in [-0.39, 0.29) is 12.4 Å². The zero-order valence-corrected chi connectivity index (χ0v) is 10.5. The number of carbonyl (C=O) groups excluding carboxylic acids is 1. The Morgan fingerprint density at radius 1 is 1.33 bits per heavy atom. The Bertz CT molecular complexity index is 601. The molecular weight excluding hydrogens is 248 g/mol. The molecule has 3 nitrogen and oxygen atoms in total. The van der Waals surface area contributed by atoms with Crippen LogP contribution in [-0.2, 0) is 13.0 Å². The number of benzene rings is 1. The summed E-state index contributed by atoms with van der Waals surface area (Å²) in [6, 6.07) is 7.46. The maximum atomic E-state index is 12.4. The molecule has 0 saturated heterocycles. The molecule has 1 N–H and O–H groups in total. The van der Waals surface area contributed by atoms with Gasteiger partial charge in [0.2, 0.25) is 5.78 Å². The van der Waals surface area contributed by atoms with Crippen LogP contribution in [0.4, 0.5) is 0 Å². The van der Waals surface area contributed by atoms with Crippen molar-refractivity contribution < 1.29 is 14.6 Å². The van der Waals surface area contributed by atoms with Crippen LogP contribution in [0.25, 0.3) is 0 Å². The molecule has 4 heteroatoms. The third-order valence-corrected chi connectivity index (χ3v) is 3.98. The molecular formula is C14H12O3S. The third-order valence-electron chi connectivity index (χ3n) is 3.03. The van der Waals surface area contributed by atoms with Gasteiger partial charge in [-0.3, -0.25) is 4.79 Å². The highest BCUT2D eigenvalue weighted by atomic mass is 32.1. The minimum absolute atomic E-state index is 0.0206. The molecule has 18 heavy (non-hydrogen) atoms. The molecule has 1 aliphatic heterocycles. The summed E-state index contributed by atoms with van der Waals surface area (Å²) >= 11 is 1.45. The van der Waals surface area contributed by atoms with Crippen molar-refractivity contribution in [1.82, 2.24) is 0 Å². The summed E-state index contributed by atoms with van der Waals surface area (Å²) in [6.07, 6.45) is 0.553. The topological polar surface area (TPSA) is 46.5 Å². The molecule has 0 radical (unpaired) electrons. The van der Waals surface area contributed by atoms with Gasteiger partial charge in [0.05, 0.1) is 10.4 Å². The number of thiophene rings is 1. The summed E-state index contributed by atoms with van der Waals surface area (Å²) in [5, 5.41) is 10.9. The van der Waals surface area contributed by atoms with Crippen molar-refractivity contribution in [3.05, 3.63) is 51.2 Å². The van der Waals surface area contributed by atoms with Crippen molar-refractivity contribution in [2.45, 2.75) is 13.0 Å². The van der Waals surface area contributed by atoms with Gasteiger partial charge in [-0.25, -0.2) is 0 Å². The standard InChI is InChI=1S/C14H12O3S/c15-5-3-9-1-2-12-11(7-9)13(16)14-10(8-17-12)4-6-18-14/h1-2,4,6-7,15H,3,5,8H2. The molecule has 0 bridgehead atoms. The number of hydrogen-bond acceptors (Lipinski definition) is 4. The van der Waals surface area contributed by atoms with Gasteiger partial charge in [0.15, 0.2) is 0 Å². The predicted molar refractivity (Wildman–Crippen MR) is 69.3 cm³/mol. The molecule has 1 aromatic heterocycles. The van der Waals surface area contributed by atoms with Gasteiger partial charge >= 0.3 is 0 Å². The van der Waals surface area contributed by atoms with Crippen molar-refractivity contribution in [3.63, 3.8) is 0 Å². The first kappa shape index (κ1) is 11.4. The average molecular weight is 260 g/mol. The smallest absolute Gasteiger partial charge is 0.207 e. The van der Waals surface area contributed by atoms with Gasteiger partial charge in [-0.1, -0.05) is 6.07 Å². The Morgan fingerprint density at radius 3 is 3.06 bits per heavy atom. The lowest BCUT2D eigenvalue weighted by Crippen LogP contribution is -2.01. The summed E-state index contributed by atoms with van der Waals surface area (Å²) < 4.78 is 5.66. The summed E-state index contributed by atoms with van der Waals surface area (Å²) in [7, 11) is 0. The van der Waals surface area contributed by atoms with Gasteiger partial charge in [0.1, 0.15) is 12.4 Å². The van der Waals surface area contributed by atoms with E-state index in [1.54, 1.807) is 0 Å². The van der Waals surface area contributed by atoms with Crippen LogP contribution in [-0.4, -0.2) is 17.5 Å². The van der Waals surface area contributed by atoms with Crippen LogP contribution in [0.3, 0.4) is 0 Å². The Kier molecular flexibility index (Phi) is 2.89. The van der Waals surface area contributed by atoms with Crippen LogP contribution in [0.1, 0.15) is 26.4 Å². The lowest BCUT2D eigenvalue weighted by Gasteiger charge is -2.07.